The smallest absolute Gasteiger partial charge is 0.454 e. The fourth-order valence-electron chi connectivity index (χ4n) is 3.71. The Bertz CT molecular complexity index is 1160. The molecule has 35 heavy (non-hydrogen) atoms. The van der Waals surface area contributed by atoms with Crippen molar-refractivity contribution in [3.63, 3.8) is 0 Å². The van der Waals surface area contributed by atoms with Gasteiger partial charge in [0, 0.05) is 10.4 Å². The van der Waals surface area contributed by atoms with Gasteiger partial charge in [0.25, 0.3) is 0 Å². The van der Waals surface area contributed by atoms with E-state index in [-0.39, 0.29) is 16.5 Å². The van der Waals surface area contributed by atoms with Gasteiger partial charge in [-0.2, -0.15) is 0 Å². The maximum atomic E-state index is 14.3. The molecule has 0 amide bonds. The van der Waals surface area contributed by atoms with E-state index in [4.69, 9.17) is 16.3 Å². The van der Waals surface area contributed by atoms with Crippen LogP contribution in [0.25, 0.3) is 0 Å². The molecule has 0 aliphatic carbocycles. The second kappa shape index (κ2) is 11.4. The summed E-state index contributed by atoms with van der Waals surface area (Å²) in [6, 6.07) is 18.9. The molecular formula is C27H23ClF4O3. The van der Waals surface area contributed by atoms with Crippen LogP contribution < -0.4 is 9.47 Å². The fourth-order valence-corrected chi connectivity index (χ4v) is 3.97. The van der Waals surface area contributed by atoms with Crippen molar-refractivity contribution in [3.8, 4) is 17.2 Å². The molecule has 3 nitrogen and oxygen atoms in total. The SMILES string of the molecule is CC(CCCc1ccc(F)c(Oc2ccccc2)c1)(C(Cl)=CC=O)c1ccc(OC(F)(F)F)cc1. The molecule has 0 saturated heterocycles. The van der Waals surface area contributed by atoms with Gasteiger partial charge in [0.2, 0.25) is 0 Å². The van der Waals surface area contributed by atoms with Crippen molar-refractivity contribution in [2.75, 3.05) is 0 Å². The van der Waals surface area contributed by atoms with E-state index in [0.717, 1.165) is 5.56 Å². The van der Waals surface area contributed by atoms with Crippen LogP contribution in [0, 0.1) is 5.82 Å². The highest BCUT2D eigenvalue weighted by Crippen LogP contribution is 2.40. The average molecular weight is 507 g/mol. The molecule has 0 fully saturated rings. The third-order valence-electron chi connectivity index (χ3n) is 5.58. The van der Waals surface area contributed by atoms with E-state index in [9.17, 15) is 22.4 Å². The molecule has 0 N–H and O–H groups in total. The minimum Gasteiger partial charge on any atom is -0.454 e. The highest BCUT2D eigenvalue weighted by Gasteiger charge is 2.33. The quantitative estimate of drug-likeness (QED) is 0.158. The third-order valence-corrected chi connectivity index (χ3v) is 6.12. The molecule has 0 spiro atoms. The third kappa shape index (κ3) is 7.33. The highest BCUT2D eigenvalue weighted by atomic mass is 35.5. The molecule has 3 aromatic carbocycles. The number of hydrogen-bond donors (Lipinski definition) is 0. The van der Waals surface area contributed by atoms with Crippen LogP contribution in [0.3, 0.4) is 0 Å². The number of allylic oxidation sites excluding steroid dienone is 2. The van der Waals surface area contributed by atoms with Crippen molar-refractivity contribution in [2.24, 2.45) is 0 Å². The molecule has 184 valence electrons. The molecule has 0 bridgehead atoms. The molecule has 1 atom stereocenters. The van der Waals surface area contributed by atoms with Crippen molar-refractivity contribution < 1.29 is 31.8 Å². The van der Waals surface area contributed by atoms with Crippen molar-refractivity contribution in [1.29, 1.82) is 0 Å². The molecule has 0 aliphatic heterocycles. The van der Waals surface area contributed by atoms with Crippen LogP contribution in [0.2, 0.25) is 0 Å². The number of aldehydes is 1. The van der Waals surface area contributed by atoms with Gasteiger partial charge in [0.1, 0.15) is 17.8 Å². The van der Waals surface area contributed by atoms with Crippen LogP contribution in [-0.4, -0.2) is 12.6 Å². The Balaban J connectivity index is 1.75. The first-order valence-electron chi connectivity index (χ1n) is 10.8. The van der Waals surface area contributed by atoms with Crippen LogP contribution in [0.15, 0.2) is 83.9 Å². The molecule has 0 aromatic heterocycles. The maximum absolute atomic E-state index is 14.3. The number of alkyl halides is 3. The lowest BCUT2D eigenvalue weighted by atomic mass is 9.77. The second-order valence-corrected chi connectivity index (χ2v) is 8.50. The number of para-hydroxylation sites is 1. The van der Waals surface area contributed by atoms with Gasteiger partial charge >= 0.3 is 6.36 Å². The van der Waals surface area contributed by atoms with Crippen LogP contribution >= 0.6 is 11.6 Å². The number of carbonyl (C=O) groups is 1. The van der Waals surface area contributed by atoms with Gasteiger partial charge in [-0.25, -0.2) is 4.39 Å². The predicted molar refractivity (Wildman–Crippen MR) is 126 cm³/mol. The first-order chi connectivity index (χ1) is 16.6. The lowest BCUT2D eigenvalue weighted by molar-refractivity contribution is -0.274. The van der Waals surface area contributed by atoms with E-state index in [1.54, 1.807) is 36.4 Å². The first kappa shape index (κ1) is 26.3. The van der Waals surface area contributed by atoms with E-state index in [0.29, 0.717) is 36.9 Å². The lowest BCUT2D eigenvalue weighted by Crippen LogP contribution is -2.23. The number of benzene rings is 3. The van der Waals surface area contributed by atoms with Gasteiger partial charge in [-0.15, -0.1) is 13.2 Å². The molecular weight excluding hydrogens is 484 g/mol. The summed E-state index contributed by atoms with van der Waals surface area (Å²) in [7, 11) is 0. The summed E-state index contributed by atoms with van der Waals surface area (Å²) in [6.07, 6.45) is -1.38. The molecule has 0 radical (unpaired) electrons. The zero-order valence-electron chi connectivity index (χ0n) is 18.8. The van der Waals surface area contributed by atoms with Gasteiger partial charge in [-0.1, -0.05) is 54.9 Å². The number of carbonyl (C=O) groups excluding carboxylic acids is 1. The summed E-state index contributed by atoms with van der Waals surface area (Å²) in [6.45, 7) is 1.81. The van der Waals surface area contributed by atoms with Gasteiger partial charge < -0.3 is 9.47 Å². The largest absolute Gasteiger partial charge is 0.573 e. The van der Waals surface area contributed by atoms with Crippen molar-refractivity contribution in [2.45, 2.75) is 38.0 Å². The van der Waals surface area contributed by atoms with Crippen molar-refractivity contribution in [3.05, 3.63) is 101 Å². The Morgan fingerprint density at radius 1 is 0.971 bits per heavy atom. The number of ether oxygens (including phenoxy) is 2. The molecule has 1 unspecified atom stereocenters. The van der Waals surface area contributed by atoms with Crippen LogP contribution in [0.5, 0.6) is 17.2 Å². The van der Waals surface area contributed by atoms with Crippen LogP contribution in [-0.2, 0) is 16.6 Å². The Hall–Kier alpha value is -3.32. The minimum atomic E-state index is -4.79. The van der Waals surface area contributed by atoms with E-state index in [1.807, 2.05) is 13.0 Å². The van der Waals surface area contributed by atoms with Gasteiger partial charge in [-0.3, -0.25) is 4.79 Å². The fraction of sp³-hybridized carbons (Fsp3) is 0.222. The summed E-state index contributed by atoms with van der Waals surface area (Å²) in [5, 5.41) is 0.254. The predicted octanol–water partition coefficient (Wildman–Crippen LogP) is 8.12. The highest BCUT2D eigenvalue weighted by molar-refractivity contribution is 6.31. The van der Waals surface area contributed by atoms with Gasteiger partial charge in [-0.05, 0) is 72.9 Å². The monoisotopic (exact) mass is 506 g/mol. The van der Waals surface area contributed by atoms with E-state index >= 15 is 0 Å². The molecule has 0 saturated carbocycles. The number of hydrogen-bond acceptors (Lipinski definition) is 3. The Kier molecular flexibility index (Phi) is 8.57. The number of aryl methyl sites for hydroxylation is 1. The van der Waals surface area contributed by atoms with Crippen LogP contribution in [0.1, 0.15) is 30.9 Å². The van der Waals surface area contributed by atoms with E-state index < -0.39 is 17.6 Å². The Labute approximate surface area is 205 Å². The molecule has 3 rings (SSSR count). The number of halogens is 5. The second-order valence-electron chi connectivity index (χ2n) is 8.09. The first-order valence-corrected chi connectivity index (χ1v) is 11.2. The maximum Gasteiger partial charge on any atom is 0.573 e. The molecule has 8 heteroatoms. The topological polar surface area (TPSA) is 35.5 Å². The minimum absolute atomic E-state index is 0.107. The van der Waals surface area contributed by atoms with Crippen molar-refractivity contribution in [1.82, 2.24) is 0 Å². The van der Waals surface area contributed by atoms with E-state index in [2.05, 4.69) is 4.74 Å². The molecule has 0 aliphatic rings. The summed E-state index contributed by atoms with van der Waals surface area (Å²) in [5.74, 6) is -0.215. The zero-order valence-corrected chi connectivity index (χ0v) is 19.6. The van der Waals surface area contributed by atoms with E-state index in [1.165, 1.54) is 36.4 Å². The standard InChI is InChI=1S/C27H23ClF4O3/c1-26(25(28)15-17-33,20-10-12-22(13-11-20)35-27(30,31)32)16-5-6-19-9-14-23(29)24(18-19)34-21-7-3-2-4-8-21/h2-4,7-15,17-18H,5-6,16H2,1H3. The zero-order chi connectivity index (χ0) is 25.5. The molecule has 0 heterocycles. The van der Waals surface area contributed by atoms with Gasteiger partial charge in [0.15, 0.2) is 11.6 Å². The van der Waals surface area contributed by atoms with Gasteiger partial charge in [0.05, 0.1) is 0 Å². The summed E-state index contributed by atoms with van der Waals surface area (Å²) in [4.78, 5) is 11.1. The Morgan fingerprint density at radius 2 is 1.66 bits per heavy atom. The number of rotatable bonds is 10. The normalized spacial score (nSPS) is 13.7. The Morgan fingerprint density at radius 3 is 2.29 bits per heavy atom. The summed E-state index contributed by atoms with van der Waals surface area (Å²) >= 11 is 6.44. The van der Waals surface area contributed by atoms with Crippen molar-refractivity contribution >= 4 is 17.9 Å². The average Bonchev–Trinajstić information content (AvgIpc) is 2.81. The summed E-state index contributed by atoms with van der Waals surface area (Å²) < 4.78 is 61.3. The molecule has 3 aromatic rings. The lowest BCUT2D eigenvalue weighted by Gasteiger charge is -2.30. The van der Waals surface area contributed by atoms with Crippen LogP contribution in [0.4, 0.5) is 17.6 Å². The summed E-state index contributed by atoms with van der Waals surface area (Å²) in [5.41, 5.74) is 0.634.